The molecule has 0 bridgehead atoms. The highest BCUT2D eigenvalue weighted by Gasteiger charge is 2.17. The van der Waals surface area contributed by atoms with E-state index in [1.54, 1.807) is 24.3 Å². The highest BCUT2D eigenvalue weighted by atomic mass is 16.5. The first-order valence-corrected chi connectivity index (χ1v) is 8.64. The Bertz CT molecular complexity index is 731. The molecule has 0 aliphatic carbocycles. The van der Waals surface area contributed by atoms with Gasteiger partial charge in [-0.1, -0.05) is 6.07 Å². The Balaban J connectivity index is 2.11. The van der Waals surface area contributed by atoms with Gasteiger partial charge in [-0.25, -0.2) is 0 Å². The van der Waals surface area contributed by atoms with Gasteiger partial charge in [-0.05, 0) is 50.0 Å². The number of carbonyl (C=O) groups is 2. The fraction of sp³-hybridized carbons (Fsp3) is 0.421. The summed E-state index contributed by atoms with van der Waals surface area (Å²) in [6, 6.07) is 6.72. The lowest BCUT2D eigenvalue weighted by Gasteiger charge is -2.26. The molecule has 138 valence electrons. The van der Waals surface area contributed by atoms with E-state index in [-0.39, 0.29) is 18.1 Å². The summed E-state index contributed by atoms with van der Waals surface area (Å²) in [4.78, 5) is 25.2. The first-order valence-electron chi connectivity index (χ1n) is 8.64. The molecule has 1 aromatic carbocycles. The lowest BCUT2D eigenvalue weighted by atomic mass is 10.1. The lowest BCUT2D eigenvalue weighted by Crippen LogP contribution is -2.38. The van der Waals surface area contributed by atoms with Crippen molar-refractivity contribution in [2.45, 2.75) is 26.2 Å². The van der Waals surface area contributed by atoms with Gasteiger partial charge in [0.15, 0.2) is 18.1 Å². The van der Waals surface area contributed by atoms with Crippen molar-refractivity contribution in [2.24, 2.45) is 5.73 Å². The maximum Gasteiger partial charge on any atom is 0.260 e. The number of piperidine rings is 1. The molecular weight excluding hydrogens is 334 g/mol. The molecule has 0 atom stereocenters. The molecule has 0 unspecified atom stereocenters. The number of amides is 2. The second kappa shape index (κ2) is 9.47. The molecule has 1 fully saturated rings. The molecule has 7 heteroatoms. The second-order valence-corrected chi connectivity index (χ2v) is 5.90. The summed E-state index contributed by atoms with van der Waals surface area (Å²) in [5, 5.41) is 8.94. The van der Waals surface area contributed by atoms with Crippen molar-refractivity contribution in [3.05, 3.63) is 29.3 Å². The zero-order chi connectivity index (χ0) is 18.9. The van der Waals surface area contributed by atoms with Crippen LogP contribution < -0.4 is 15.2 Å². The van der Waals surface area contributed by atoms with Crippen LogP contribution in [0, 0.1) is 11.3 Å². The fourth-order valence-corrected chi connectivity index (χ4v) is 2.70. The smallest absolute Gasteiger partial charge is 0.260 e. The van der Waals surface area contributed by atoms with Crippen LogP contribution in [0.5, 0.6) is 11.5 Å². The molecule has 0 radical (unpaired) electrons. The van der Waals surface area contributed by atoms with Gasteiger partial charge in [-0.2, -0.15) is 5.26 Å². The number of ether oxygens (including phenoxy) is 2. The summed E-state index contributed by atoms with van der Waals surface area (Å²) < 4.78 is 11.2. The first-order chi connectivity index (χ1) is 12.5. The Morgan fingerprint density at radius 3 is 2.58 bits per heavy atom. The normalized spacial score (nSPS) is 14.5. The van der Waals surface area contributed by atoms with E-state index < -0.39 is 5.91 Å². The molecule has 7 nitrogen and oxygen atoms in total. The number of primary amides is 1. The third-order valence-electron chi connectivity index (χ3n) is 4.02. The van der Waals surface area contributed by atoms with E-state index in [4.69, 9.17) is 20.5 Å². The van der Waals surface area contributed by atoms with Gasteiger partial charge in [-0.15, -0.1) is 0 Å². The van der Waals surface area contributed by atoms with Crippen LogP contribution in [0.1, 0.15) is 31.7 Å². The molecule has 26 heavy (non-hydrogen) atoms. The summed E-state index contributed by atoms with van der Waals surface area (Å²) in [6.45, 7) is 3.72. The number of carbonyl (C=O) groups excluding carboxylic acids is 2. The monoisotopic (exact) mass is 357 g/mol. The largest absolute Gasteiger partial charge is 0.490 e. The average Bonchev–Trinajstić information content (AvgIpc) is 2.65. The number of hydrogen-bond acceptors (Lipinski definition) is 5. The summed E-state index contributed by atoms with van der Waals surface area (Å²) in [5.74, 6) is 0.0379. The third kappa shape index (κ3) is 5.24. The number of nitrogens with zero attached hydrogens (tertiary/aromatic N) is 2. The zero-order valence-corrected chi connectivity index (χ0v) is 14.9. The fourth-order valence-electron chi connectivity index (χ4n) is 2.70. The van der Waals surface area contributed by atoms with E-state index in [9.17, 15) is 9.59 Å². The molecule has 0 spiro atoms. The predicted molar refractivity (Wildman–Crippen MR) is 96.3 cm³/mol. The molecule has 1 aliphatic heterocycles. The molecule has 1 aromatic rings. The highest BCUT2D eigenvalue weighted by molar-refractivity contribution is 6.00. The molecule has 1 aliphatic rings. The molecule has 2 amide bonds. The number of nitriles is 1. The van der Waals surface area contributed by atoms with Gasteiger partial charge < -0.3 is 20.1 Å². The summed E-state index contributed by atoms with van der Waals surface area (Å²) in [5.41, 5.74) is 5.58. The summed E-state index contributed by atoms with van der Waals surface area (Å²) in [7, 11) is 0. The third-order valence-corrected chi connectivity index (χ3v) is 4.02. The Labute approximate surface area is 153 Å². The van der Waals surface area contributed by atoms with E-state index in [1.807, 2.05) is 11.8 Å². The topological polar surface area (TPSA) is 106 Å². The minimum absolute atomic E-state index is 0.0448. The SMILES string of the molecule is CCOc1cc(/C=C(\C#N)C(N)=O)ccc1OCC(=O)N1CCCCC1. The Morgan fingerprint density at radius 1 is 1.23 bits per heavy atom. The van der Waals surface area contributed by atoms with Gasteiger partial charge in [0, 0.05) is 13.1 Å². The minimum atomic E-state index is -0.794. The zero-order valence-electron chi connectivity index (χ0n) is 14.9. The van der Waals surface area contributed by atoms with Crippen LogP contribution in [0.3, 0.4) is 0 Å². The molecule has 0 saturated carbocycles. The molecule has 2 rings (SSSR count). The van der Waals surface area contributed by atoms with Crippen LogP contribution in [-0.2, 0) is 9.59 Å². The van der Waals surface area contributed by atoms with Crippen LogP contribution in [0.25, 0.3) is 6.08 Å². The number of benzene rings is 1. The van der Waals surface area contributed by atoms with E-state index in [2.05, 4.69) is 0 Å². The lowest BCUT2D eigenvalue weighted by molar-refractivity contribution is -0.134. The Morgan fingerprint density at radius 2 is 1.96 bits per heavy atom. The van der Waals surface area contributed by atoms with Crippen molar-refractivity contribution < 1.29 is 19.1 Å². The van der Waals surface area contributed by atoms with Gasteiger partial charge in [0.05, 0.1) is 6.61 Å². The minimum Gasteiger partial charge on any atom is -0.490 e. The highest BCUT2D eigenvalue weighted by Crippen LogP contribution is 2.29. The molecule has 2 N–H and O–H groups in total. The van der Waals surface area contributed by atoms with Gasteiger partial charge in [0.25, 0.3) is 11.8 Å². The maximum absolute atomic E-state index is 12.2. The number of nitrogens with two attached hydrogens (primary N) is 1. The number of rotatable bonds is 7. The van der Waals surface area contributed by atoms with Crippen molar-refractivity contribution in [1.82, 2.24) is 4.90 Å². The number of hydrogen-bond donors (Lipinski definition) is 1. The summed E-state index contributed by atoms with van der Waals surface area (Å²) in [6.07, 6.45) is 4.59. The van der Waals surface area contributed by atoms with E-state index in [0.29, 0.717) is 23.7 Å². The van der Waals surface area contributed by atoms with E-state index >= 15 is 0 Å². The van der Waals surface area contributed by atoms with Crippen molar-refractivity contribution in [3.8, 4) is 17.6 Å². The Kier molecular flexibility index (Phi) is 7.03. The van der Waals surface area contributed by atoms with Crippen molar-refractivity contribution in [2.75, 3.05) is 26.3 Å². The van der Waals surface area contributed by atoms with Gasteiger partial charge in [0.2, 0.25) is 0 Å². The standard InChI is InChI=1S/C19H23N3O4/c1-2-25-17-11-14(10-15(12-20)19(21)24)6-7-16(17)26-13-18(23)22-8-4-3-5-9-22/h6-7,10-11H,2-5,8-9,13H2,1H3,(H2,21,24)/b15-10+. The average molecular weight is 357 g/mol. The second-order valence-electron chi connectivity index (χ2n) is 5.90. The van der Waals surface area contributed by atoms with E-state index in [0.717, 1.165) is 32.4 Å². The van der Waals surface area contributed by atoms with Crippen LogP contribution in [0.2, 0.25) is 0 Å². The van der Waals surface area contributed by atoms with Crippen LogP contribution in [0.4, 0.5) is 0 Å². The van der Waals surface area contributed by atoms with Gasteiger partial charge in [-0.3, -0.25) is 9.59 Å². The molecule has 0 aromatic heterocycles. The molecule has 1 heterocycles. The van der Waals surface area contributed by atoms with Crippen molar-refractivity contribution >= 4 is 17.9 Å². The van der Waals surface area contributed by atoms with Crippen LogP contribution in [-0.4, -0.2) is 43.0 Å². The van der Waals surface area contributed by atoms with E-state index in [1.165, 1.54) is 6.08 Å². The van der Waals surface area contributed by atoms with Crippen molar-refractivity contribution in [1.29, 1.82) is 5.26 Å². The van der Waals surface area contributed by atoms with Gasteiger partial charge in [0.1, 0.15) is 11.6 Å². The maximum atomic E-state index is 12.2. The first kappa shape index (κ1) is 19.3. The van der Waals surface area contributed by atoms with Crippen LogP contribution >= 0.6 is 0 Å². The van der Waals surface area contributed by atoms with Gasteiger partial charge >= 0.3 is 0 Å². The molecule has 1 saturated heterocycles. The number of likely N-dealkylation sites (tertiary alicyclic amines) is 1. The van der Waals surface area contributed by atoms with Crippen LogP contribution in [0.15, 0.2) is 23.8 Å². The van der Waals surface area contributed by atoms with Crippen molar-refractivity contribution in [3.63, 3.8) is 0 Å². The Hall–Kier alpha value is -3.01. The predicted octanol–water partition coefficient (Wildman–Crippen LogP) is 1.87. The molecular formula is C19H23N3O4. The summed E-state index contributed by atoms with van der Waals surface area (Å²) >= 11 is 0. The quantitative estimate of drug-likeness (QED) is 0.592.